The van der Waals surface area contributed by atoms with Crippen LogP contribution in [-0.4, -0.2) is 72.7 Å². The van der Waals surface area contributed by atoms with Gasteiger partial charge in [0.1, 0.15) is 12.0 Å². The van der Waals surface area contributed by atoms with Gasteiger partial charge in [0.2, 0.25) is 0 Å². The second kappa shape index (κ2) is 9.04. The summed E-state index contributed by atoms with van der Waals surface area (Å²) in [7, 11) is 0. The maximum atomic E-state index is 12.8. The number of rotatable bonds is 5. The topological polar surface area (TPSA) is 107 Å². The van der Waals surface area contributed by atoms with E-state index in [1.165, 1.54) is 0 Å². The molecule has 1 aliphatic carbocycles. The van der Waals surface area contributed by atoms with Crippen molar-refractivity contribution in [3.05, 3.63) is 65.8 Å². The number of nitrogens with zero attached hydrogens (tertiary/aromatic N) is 7. The molecule has 4 aromatic rings. The predicted molar refractivity (Wildman–Crippen MR) is 135 cm³/mol. The van der Waals surface area contributed by atoms with Gasteiger partial charge in [0.15, 0.2) is 0 Å². The summed E-state index contributed by atoms with van der Waals surface area (Å²) >= 11 is 5.95. The van der Waals surface area contributed by atoms with Crippen molar-refractivity contribution in [2.45, 2.75) is 30.8 Å². The molecule has 2 fully saturated rings. The van der Waals surface area contributed by atoms with Crippen LogP contribution in [-0.2, 0) is 5.54 Å². The number of aromatic nitrogens is 5. The molecule has 1 amide bonds. The third-order valence-electron chi connectivity index (χ3n) is 7.54. The van der Waals surface area contributed by atoms with Gasteiger partial charge in [-0.3, -0.25) is 14.4 Å². The normalized spacial score (nSPS) is 22.3. The summed E-state index contributed by atoms with van der Waals surface area (Å²) < 4.78 is 1.96. The van der Waals surface area contributed by atoms with Crippen LogP contribution in [0.3, 0.4) is 0 Å². The third-order valence-corrected chi connectivity index (χ3v) is 7.80. The zero-order valence-electron chi connectivity index (χ0n) is 19.6. The van der Waals surface area contributed by atoms with Crippen molar-refractivity contribution >= 4 is 28.5 Å². The van der Waals surface area contributed by atoms with Crippen molar-refractivity contribution in [3.8, 4) is 17.3 Å². The van der Waals surface area contributed by atoms with E-state index in [9.17, 15) is 10.1 Å². The first-order chi connectivity index (χ1) is 17.6. The minimum absolute atomic E-state index is 0.0454. The largest absolute Gasteiger partial charge is 0.346 e. The van der Waals surface area contributed by atoms with Gasteiger partial charge >= 0.3 is 0 Å². The molecule has 4 heterocycles. The molecule has 0 atom stereocenters. The fourth-order valence-corrected chi connectivity index (χ4v) is 5.63. The number of nitriles is 1. The molecule has 1 N–H and O–H groups in total. The van der Waals surface area contributed by atoms with Gasteiger partial charge in [-0.15, -0.1) is 0 Å². The van der Waals surface area contributed by atoms with Crippen LogP contribution < -0.4 is 0 Å². The Hall–Kier alpha value is -3.74. The molecule has 0 bridgehead atoms. The number of H-pyrrole nitrogens is 1. The van der Waals surface area contributed by atoms with Gasteiger partial charge in [0.05, 0.1) is 29.9 Å². The molecule has 6 rings (SSSR count). The molecule has 1 aliphatic heterocycles. The lowest BCUT2D eigenvalue weighted by atomic mass is 9.70. The van der Waals surface area contributed by atoms with Crippen molar-refractivity contribution < 1.29 is 4.79 Å². The molecule has 0 radical (unpaired) electrons. The van der Waals surface area contributed by atoms with Gasteiger partial charge < -0.3 is 9.88 Å². The van der Waals surface area contributed by atoms with E-state index < -0.39 is 0 Å². The third kappa shape index (κ3) is 3.92. The molecule has 10 heteroatoms. The van der Waals surface area contributed by atoms with E-state index in [4.69, 9.17) is 11.6 Å². The number of hydrogen-bond acceptors (Lipinski definition) is 6. The van der Waals surface area contributed by atoms with Gasteiger partial charge in [-0.25, -0.2) is 9.97 Å². The van der Waals surface area contributed by atoms with E-state index in [-0.39, 0.29) is 11.4 Å². The number of hydrogen-bond donors (Lipinski definition) is 1. The number of amides is 1. The van der Waals surface area contributed by atoms with Crippen LogP contribution in [0.4, 0.5) is 0 Å². The highest BCUT2D eigenvalue weighted by Crippen LogP contribution is 2.45. The Morgan fingerprint density at radius 1 is 1.14 bits per heavy atom. The Morgan fingerprint density at radius 3 is 2.67 bits per heavy atom. The number of aromatic amines is 1. The molecule has 1 saturated heterocycles. The fraction of sp³-hybridized carbons (Fsp3) is 0.346. The van der Waals surface area contributed by atoms with Gasteiger partial charge in [-0.1, -0.05) is 11.6 Å². The van der Waals surface area contributed by atoms with Crippen LogP contribution in [0.25, 0.3) is 22.3 Å². The highest BCUT2D eigenvalue weighted by molar-refractivity contribution is 6.30. The monoisotopic (exact) mass is 500 g/mol. The Kier molecular flexibility index (Phi) is 5.70. The van der Waals surface area contributed by atoms with E-state index in [1.807, 2.05) is 34.2 Å². The van der Waals surface area contributed by atoms with Gasteiger partial charge in [-0.2, -0.15) is 10.4 Å². The molecule has 1 saturated carbocycles. The summed E-state index contributed by atoms with van der Waals surface area (Å²) in [6, 6.07) is 11.8. The van der Waals surface area contributed by atoms with Crippen LogP contribution in [0, 0.1) is 11.3 Å². The first-order valence-corrected chi connectivity index (χ1v) is 12.4. The number of fused-ring (bicyclic) bond motifs is 1. The molecule has 182 valence electrons. The molecule has 9 nitrogen and oxygen atoms in total. The number of halogens is 1. The van der Waals surface area contributed by atoms with Crippen molar-refractivity contribution in [2.75, 3.05) is 26.2 Å². The van der Waals surface area contributed by atoms with Crippen molar-refractivity contribution in [1.29, 1.82) is 5.26 Å². The Morgan fingerprint density at radius 2 is 1.92 bits per heavy atom. The maximum Gasteiger partial charge on any atom is 0.253 e. The van der Waals surface area contributed by atoms with Crippen molar-refractivity contribution in [2.24, 2.45) is 0 Å². The second-order valence-electron chi connectivity index (χ2n) is 9.59. The highest BCUT2D eigenvalue weighted by atomic mass is 35.5. The van der Waals surface area contributed by atoms with Crippen LogP contribution in [0.5, 0.6) is 0 Å². The van der Waals surface area contributed by atoms with Crippen molar-refractivity contribution in [3.63, 3.8) is 0 Å². The lowest BCUT2D eigenvalue weighted by Crippen LogP contribution is -2.60. The number of nitrogens with one attached hydrogen (secondary N) is 1. The Bertz CT molecular complexity index is 1440. The standard InChI is InChI=1S/C26H25ClN8O/c27-20-3-1-18(2-4-20)25(36)34-11-9-33(10-12-34)21-13-26(14-21,6-7-28)35-16-19(15-32-35)23-22-5-8-29-24(22)31-17-30-23/h1-5,8,15-17,21H,6,9-14H2,(H,29,30,31). The van der Waals surface area contributed by atoms with E-state index >= 15 is 0 Å². The zero-order chi connectivity index (χ0) is 24.7. The summed E-state index contributed by atoms with van der Waals surface area (Å²) in [5.74, 6) is 0.0454. The number of piperazine rings is 1. The van der Waals surface area contributed by atoms with E-state index in [1.54, 1.807) is 30.6 Å². The number of benzene rings is 1. The summed E-state index contributed by atoms with van der Waals surface area (Å²) in [6.07, 6.45) is 9.35. The van der Waals surface area contributed by atoms with Gasteiger partial charge in [0.25, 0.3) is 5.91 Å². The minimum Gasteiger partial charge on any atom is -0.346 e. The first-order valence-electron chi connectivity index (χ1n) is 12.1. The molecule has 0 spiro atoms. The molecule has 36 heavy (non-hydrogen) atoms. The zero-order valence-corrected chi connectivity index (χ0v) is 20.4. The summed E-state index contributed by atoms with van der Waals surface area (Å²) in [5, 5.41) is 15.8. The van der Waals surface area contributed by atoms with Crippen molar-refractivity contribution in [1.82, 2.24) is 34.5 Å². The summed E-state index contributed by atoms with van der Waals surface area (Å²) in [5.41, 5.74) is 2.88. The smallest absolute Gasteiger partial charge is 0.253 e. The van der Waals surface area contributed by atoms with Gasteiger partial charge in [0, 0.05) is 66.2 Å². The highest BCUT2D eigenvalue weighted by Gasteiger charge is 2.49. The van der Waals surface area contributed by atoms with E-state index in [0.29, 0.717) is 36.1 Å². The van der Waals surface area contributed by atoms with Crippen LogP contribution in [0.15, 0.2) is 55.2 Å². The molecular weight excluding hydrogens is 476 g/mol. The molecular formula is C26H25ClN8O. The summed E-state index contributed by atoms with van der Waals surface area (Å²) in [6.45, 7) is 3.03. The lowest BCUT2D eigenvalue weighted by Gasteiger charge is -2.52. The SMILES string of the molecule is N#CCC1(n2cc(-c3ncnc4[nH]ccc34)cn2)CC(N2CCN(C(=O)c3ccc(Cl)cc3)CC2)C1. The average Bonchev–Trinajstić information content (AvgIpc) is 3.56. The fourth-order valence-electron chi connectivity index (χ4n) is 5.51. The lowest BCUT2D eigenvalue weighted by molar-refractivity contribution is -0.0158. The quantitative estimate of drug-likeness (QED) is 0.447. The van der Waals surface area contributed by atoms with E-state index in [2.05, 4.69) is 31.0 Å². The molecule has 1 aromatic carbocycles. The predicted octanol–water partition coefficient (Wildman–Crippen LogP) is 3.70. The first kappa shape index (κ1) is 22.7. The van der Waals surface area contributed by atoms with Crippen LogP contribution in [0.1, 0.15) is 29.6 Å². The maximum absolute atomic E-state index is 12.8. The Balaban J connectivity index is 1.12. The summed E-state index contributed by atoms with van der Waals surface area (Å²) in [4.78, 5) is 29.0. The molecule has 2 aliphatic rings. The average molecular weight is 501 g/mol. The molecule has 0 unspecified atom stereocenters. The molecule has 3 aromatic heterocycles. The Labute approximate surface area is 213 Å². The van der Waals surface area contributed by atoms with Gasteiger partial charge in [-0.05, 0) is 43.2 Å². The van der Waals surface area contributed by atoms with Crippen LogP contribution >= 0.6 is 11.6 Å². The van der Waals surface area contributed by atoms with E-state index in [0.717, 1.165) is 48.2 Å². The number of carbonyl (C=O) groups is 1. The minimum atomic E-state index is -0.321. The second-order valence-corrected chi connectivity index (χ2v) is 10.0. The van der Waals surface area contributed by atoms with Crippen LogP contribution in [0.2, 0.25) is 5.02 Å². The number of carbonyl (C=O) groups excluding carboxylic acids is 1.